The molecule has 0 saturated heterocycles. The van der Waals surface area contributed by atoms with Gasteiger partial charge >= 0.3 is 0 Å². The molecule has 0 aromatic rings. The summed E-state index contributed by atoms with van der Waals surface area (Å²) in [5.41, 5.74) is 3.28. The molecule has 0 radical (unpaired) electrons. The van der Waals surface area contributed by atoms with E-state index in [9.17, 15) is 15.3 Å². The molecule has 0 aliphatic heterocycles. The van der Waals surface area contributed by atoms with Gasteiger partial charge in [-0.05, 0) is 92.1 Å². The van der Waals surface area contributed by atoms with Crippen LogP contribution in [0.25, 0.3) is 0 Å². The van der Waals surface area contributed by atoms with Crippen molar-refractivity contribution in [1.82, 2.24) is 0 Å². The first-order valence-corrected chi connectivity index (χ1v) is 14.3. The third kappa shape index (κ3) is 6.26. The quantitative estimate of drug-likeness (QED) is 0.313. The zero-order valence-electron chi connectivity index (χ0n) is 22.5. The molecule has 194 valence electrons. The van der Waals surface area contributed by atoms with E-state index in [1.54, 1.807) is 5.57 Å². The van der Waals surface area contributed by atoms with E-state index in [0.29, 0.717) is 30.1 Å². The molecular formula is C31H52O3. The van der Waals surface area contributed by atoms with Gasteiger partial charge < -0.3 is 15.3 Å². The summed E-state index contributed by atoms with van der Waals surface area (Å²) in [5, 5.41) is 31.3. The van der Waals surface area contributed by atoms with E-state index < -0.39 is 17.8 Å². The van der Waals surface area contributed by atoms with Crippen molar-refractivity contribution in [3.05, 3.63) is 35.5 Å². The second-order valence-corrected chi connectivity index (χ2v) is 12.3. The second kappa shape index (κ2) is 11.9. The van der Waals surface area contributed by atoms with Gasteiger partial charge in [0.2, 0.25) is 0 Å². The highest BCUT2D eigenvalue weighted by Crippen LogP contribution is 2.60. The molecule has 3 aliphatic carbocycles. The van der Waals surface area contributed by atoms with Crippen LogP contribution < -0.4 is 0 Å². The van der Waals surface area contributed by atoms with Crippen LogP contribution >= 0.6 is 0 Å². The number of hydrogen-bond donors (Lipinski definition) is 3. The number of allylic oxidation sites excluding steroid dienone is 3. The van der Waals surface area contributed by atoms with Crippen LogP contribution in [0.3, 0.4) is 0 Å². The molecule has 34 heavy (non-hydrogen) atoms. The molecule has 0 aromatic heterocycles. The third-order valence-corrected chi connectivity index (χ3v) is 9.72. The SMILES string of the molecule is C=C1/C(=C/C=C2\CCC[C@]3(C)[C@@H]([C@H](C)CCCC(O)(CCC)CCC)CC[C@@H]23)C[C@@H](O)C[C@@H]1O. The molecule has 3 fully saturated rings. The van der Waals surface area contributed by atoms with Crippen molar-refractivity contribution in [2.75, 3.05) is 0 Å². The monoisotopic (exact) mass is 472 g/mol. The number of fused-ring (bicyclic) bond motifs is 1. The number of hydrogen-bond acceptors (Lipinski definition) is 3. The van der Waals surface area contributed by atoms with Crippen molar-refractivity contribution in [3.8, 4) is 0 Å². The fraction of sp³-hybridized carbons (Fsp3) is 0.806. The maximum atomic E-state index is 11.0. The lowest BCUT2D eigenvalue weighted by molar-refractivity contribution is 0.00771. The Bertz CT molecular complexity index is 744. The lowest BCUT2D eigenvalue weighted by Gasteiger charge is -2.44. The molecule has 0 aromatic carbocycles. The first-order chi connectivity index (χ1) is 16.1. The summed E-state index contributed by atoms with van der Waals surface area (Å²) < 4.78 is 0. The van der Waals surface area contributed by atoms with E-state index in [1.807, 2.05) is 0 Å². The van der Waals surface area contributed by atoms with Gasteiger partial charge in [-0.15, -0.1) is 0 Å². The van der Waals surface area contributed by atoms with Crippen molar-refractivity contribution >= 4 is 0 Å². The van der Waals surface area contributed by atoms with E-state index in [0.717, 1.165) is 55.6 Å². The van der Waals surface area contributed by atoms with Crippen LogP contribution in [0.5, 0.6) is 0 Å². The lowest BCUT2D eigenvalue weighted by Crippen LogP contribution is -2.36. The van der Waals surface area contributed by atoms with E-state index >= 15 is 0 Å². The van der Waals surface area contributed by atoms with E-state index in [-0.39, 0.29) is 0 Å². The molecule has 0 amide bonds. The normalized spacial score (nSPS) is 35.7. The third-order valence-electron chi connectivity index (χ3n) is 9.72. The van der Waals surface area contributed by atoms with Gasteiger partial charge in [-0.3, -0.25) is 0 Å². The molecule has 0 bridgehead atoms. The summed E-state index contributed by atoms with van der Waals surface area (Å²) in [5.74, 6) is 2.10. The minimum atomic E-state index is -0.617. The Kier molecular flexibility index (Phi) is 9.68. The maximum absolute atomic E-state index is 11.0. The van der Waals surface area contributed by atoms with Crippen molar-refractivity contribution in [3.63, 3.8) is 0 Å². The van der Waals surface area contributed by atoms with Gasteiger partial charge in [-0.2, -0.15) is 0 Å². The lowest BCUT2D eigenvalue weighted by atomic mass is 9.60. The van der Waals surface area contributed by atoms with Gasteiger partial charge in [-0.1, -0.05) is 77.7 Å². The zero-order valence-corrected chi connectivity index (χ0v) is 22.5. The molecule has 3 heteroatoms. The first kappa shape index (κ1) is 27.7. The van der Waals surface area contributed by atoms with Gasteiger partial charge in [0, 0.05) is 6.42 Å². The standard InChI is InChI=1S/C31H52O3/c1-6-16-31(34,17-7-2)19-8-10-22(3)27-14-15-28-24(11-9-18-30(27,28)5)12-13-25-20-26(32)21-29(33)23(25)4/h12-13,22,26-29,32-34H,4,6-11,14-21H2,1-3,5H3/b24-12+,25-13+/t22-,26-,27-,28+,29+,30-/m1/s1. The van der Waals surface area contributed by atoms with Crippen molar-refractivity contribution in [2.24, 2.45) is 23.2 Å². The minimum absolute atomic E-state index is 0.369. The summed E-state index contributed by atoms with van der Waals surface area (Å²) in [6.45, 7) is 13.5. The fourth-order valence-electron chi connectivity index (χ4n) is 7.94. The highest BCUT2D eigenvalue weighted by Gasteiger charge is 2.50. The molecule has 0 spiro atoms. The summed E-state index contributed by atoms with van der Waals surface area (Å²) >= 11 is 0. The molecule has 0 heterocycles. The molecule has 6 atom stereocenters. The maximum Gasteiger partial charge on any atom is 0.0811 e. The zero-order chi connectivity index (χ0) is 24.9. The van der Waals surface area contributed by atoms with Crippen LogP contribution in [0.4, 0.5) is 0 Å². The van der Waals surface area contributed by atoms with Crippen LogP contribution in [0, 0.1) is 23.2 Å². The van der Waals surface area contributed by atoms with E-state index in [2.05, 4.69) is 46.4 Å². The molecular weight excluding hydrogens is 420 g/mol. The van der Waals surface area contributed by atoms with Crippen molar-refractivity contribution in [1.29, 1.82) is 0 Å². The van der Waals surface area contributed by atoms with Crippen molar-refractivity contribution < 1.29 is 15.3 Å². The highest BCUT2D eigenvalue weighted by atomic mass is 16.3. The molecule has 3 rings (SSSR count). The van der Waals surface area contributed by atoms with Gasteiger partial charge in [0.05, 0.1) is 17.8 Å². The second-order valence-electron chi connectivity index (χ2n) is 12.3. The van der Waals surface area contributed by atoms with Gasteiger partial charge in [0.1, 0.15) is 0 Å². The number of aliphatic hydroxyl groups is 3. The predicted molar refractivity (Wildman–Crippen MR) is 143 cm³/mol. The van der Waals surface area contributed by atoms with Gasteiger partial charge in [-0.25, -0.2) is 0 Å². The van der Waals surface area contributed by atoms with Gasteiger partial charge in [0.15, 0.2) is 0 Å². The molecule has 3 saturated carbocycles. The molecule has 3 aliphatic rings. The Hall–Kier alpha value is -0.900. The Morgan fingerprint density at radius 1 is 1.12 bits per heavy atom. The summed E-state index contributed by atoms with van der Waals surface area (Å²) in [7, 11) is 0. The van der Waals surface area contributed by atoms with Crippen molar-refractivity contribution in [2.45, 2.75) is 135 Å². The molecule has 3 nitrogen and oxygen atoms in total. The predicted octanol–water partition coefficient (Wildman–Crippen LogP) is 7.27. The molecule has 3 N–H and O–H groups in total. The van der Waals surface area contributed by atoms with E-state index in [4.69, 9.17) is 0 Å². The van der Waals surface area contributed by atoms with E-state index in [1.165, 1.54) is 38.5 Å². The number of aliphatic hydroxyl groups excluding tert-OH is 2. The summed E-state index contributed by atoms with van der Waals surface area (Å²) in [6.07, 6.45) is 18.0. The van der Waals surface area contributed by atoms with Crippen LogP contribution in [-0.2, 0) is 0 Å². The smallest absolute Gasteiger partial charge is 0.0811 e. The Balaban J connectivity index is 1.65. The fourth-order valence-corrected chi connectivity index (χ4v) is 7.94. The average Bonchev–Trinajstić information content (AvgIpc) is 3.13. The summed E-state index contributed by atoms with van der Waals surface area (Å²) in [4.78, 5) is 0. The van der Waals surface area contributed by atoms with Crippen LogP contribution in [0.15, 0.2) is 35.5 Å². The Labute approximate surface area is 209 Å². The Morgan fingerprint density at radius 3 is 2.50 bits per heavy atom. The van der Waals surface area contributed by atoms with Crippen LogP contribution in [0.2, 0.25) is 0 Å². The average molecular weight is 473 g/mol. The van der Waals surface area contributed by atoms with Gasteiger partial charge in [0.25, 0.3) is 0 Å². The van der Waals surface area contributed by atoms with Crippen LogP contribution in [0.1, 0.15) is 118 Å². The Morgan fingerprint density at radius 2 is 1.82 bits per heavy atom. The number of rotatable bonds is 10. The molecule has 0 unspecified atom stereocenters. The highest BCUT2D eigenvalue weighted by molar-refractivity contribution is 5.38. The first-order valence-electron chi connectivity index (χ1n) is 14.3. The summed E-state index contributed by atoms with van der Waals surface area (Å²) in [6, 6.07) is 0. The topological polar surface area (TPSA) is 60.7 Å². The largest absolute Gasteiger partial charge is 0.393 e. The minimum Gasteiger partial charge on any atom is -0.393 e. The van der Waals surface area contributed by atoms with Crippen LogP contribution in [-0.4, -0.2) is 33.1 Å².